The Bertz CT molecular complexity index is 508. The molecule has 5 heteroatoms. The fourth-order valence-corrected chi connectivity index (χ4v) is 1.91. The van der Waals surface area contributed by atoms with Crippen LogP contribution in [0.25, 0.3) is 0 Å². The Hall–Kier alpha value is -2.35. The van der Waals surface area contributed by atoms with E-state index in [0.29, 0.717) is 13.0 Å². The predicted octanol–water partition coefficient (Wildman–Crippen LogP) is 1.78. The maximum absolute atomic E-state index is 12.2. The van der Waals surface area contributed by atoms with Crippen LogP contribution in [0.4, 0.5) is 0 Å². The summed E-state index contributed by atoms with van der Waals surface area (Å²) in [7, 11) is 1.59. The van der Waals surface area contributed by atoms with Crippen molar-refractivity contribution in [2.24, 2.45) is 5.92 Å². The number of ether oxygens (including phenoxy) is 1. The molecule has 1 rings (SSSR count). The molecule has 0 N–H and O–H groups in total. The first-order chi connectivity index (χ1) is 10.1. The summed E-state index contributed by atoms with van der Waals surface area (Å²) >= 11 is 0. The van der Waals surface area contributed by atoms with E-state index in [9.17, 15) is 14.9 Å². The summed E-state index contributed by atoms with van der Waals surface area (Å²) in [6.45, 7) is 2.31. The third kappa shape index (κ3) is 5.65. The van der Waals surface area contributed by atoms with Crippen LogP contribution in [0.15, 0.2) is 30.3 Å². The second-order valence-electron chi connectivity index (χ2n) is 4.69. The average molecular weight is 288 g/mol. The van der Waals surface area contributed by atoms with Crippen molar-refractivity contribution in [3.63, 3.8) is 0 Å². The molecule has 0 aliphatic heterocycles. The zero-order chi connectivity index (χ0) is 15.7. The molecule has 0 radical (unpaired) electrons. The second kappa shape index (κ2) is 8.75. The van der Waals surface area contributed by atoms with E-state index in [1.54, 1.807) is 14.0 Å². The van der Waals surface area contributed by atoms with Gasteiger partial charge in [0.2, 0.25) is 5.91 Å². The largest absolute Gasteiger partial charge is 0.466 e. The van der Waals surface area contributed by atoms with Gasteiger partial charge in [-0.1, -0.05) is 30.3 Å². The molecular weight excluding hydrogens is 268 g/mol. The Morgan fingerprint density at radius 1 is 1.33 bits per heavy atom. The van der Waals surface area contributed by atoms with Crippen molar-refractivity contribution >= 4 is 11.9 Å². The lowest BCUT2D eigenvalue weighted by Gasteiger charge is -2.19. The zero-order valence-corrected chi connectivity index (χ0v) is 12.4. The number of amides is 1. The molecule has 1 atom stereocenters. The first kappa shape index (κ1) is 16.7. The molecule has 5 nitrogen and oxygen atoms in total. The van der Waals surface area contributed by atoms with Gasteiger partial charge in [0.1, 0.15) is 5.92 Å². The lowest BCUT2D eigenvalue weighted by molar-refractivity contribution is -0.144. The van der Waals surface area contributed by atoms with Crippen LogP contribution in [0.2, 0.25) is 0 Å². The fraction of sp³-hybridized carbons (Fsp3) is 0.438. The Morgan fingerprint density at radius 2 is 2.00 bits per heavy atom. The van der Waals surface area contributed by atoms with Gasteiger partial charge >= 0.3 is 5.97 Å². The van der Waals surface area contributed by atoms with Gasteiger partial charge in [-0.2, -0.15) is 5.26 Å². The predicted molar refractivity (Wildman–Crippen MR) is 78.1 cm³/mol. The van der Waals surface area contributed by atoms with E-state index in [1.165, 1.54) is 4.90 Å². The quantitative estimate of drug-likeness (QED) is 0.717. The molecule has 1 amide bonds. The highest BCUT2D eigenvalue weighted by atomic mass is 16.5. The number of rotatable bonds is 7. The Labute approximate surface area is 125 Å². The number of hydrogen-bond acceptors (Lipinski definition) is 4. The molecule has 21 heavy (non-hydrogen) atoms. The second-order valence-corrected chi connectivity index (χ2v) is 4.69. The number of hydrogen-bond donors (Lipinski definition) is 0. The van der Waals surface area contributed by atoms with Gasteiger partial charge in [0.05, 0.1) is 19.1 Å². The van der Waals surface area contributed by atoms with Gasteiger partial charge in [-0.05, 0) is 18.9 Å². The molecule has 0 heterocycles. The number of benzene rings is 1. The molecule has 0 bridgehead atoms. The zero-order valence-electron chi connectivity index (χ0n) is 12.4. The van der Waals surface area contributed by atoms with Gasteiger partial charge in [0.25, 0.3) is 0 Å². The molecule has 1 aromatic rings. The third-order valence-electron chi connectivity index (χ3n) is 3.07. The summed E-state index contributed by atoms with van der Waals surface area (Å²) in [5, 5.41) is 9.18. The van der Waals surface area contributed by atoms with Crippen LogP contribution in [0, 0.1) is 17.2 Å². The minimum absolute atomic E-state index is 0.138. The summed E-state index contributed by atoms with van der Waals surface area (Å²) in [5.74, 6) is -1.35. The number of nitrogens with zero attached hydrogens (tertiary/aromatic N) is 2. The van der Waals surface area contributed by atoms with Gasteiger partial charge in [-0.3, -0.25) is 9.59 Å². The van der Waals surface area contributed by atoms with Gasteiger partial charge in [0.15, 0.2) is 0 Å². The number of nitriles is 1. The van der Waals surface area contributed by atoms with Crippen LogP contribution in [-0.4, -0.2) is 37.0 Å². The Balaban J connectivity index is 2.54. The maximum Gasteiger partial charge on any atom is 0.307 e. The van der Waals surface area contributed by atoms with Crippen molar-refractivity contribution in [2.45, 2.75) is 19.8 Å². The summed E-state index contributed by atoms with van der Waals surface area (Å²) in [6, 6.07) is 11.4. The molecule has 0 aliphatic rings. The van der Waals surface area contributed by atoms with E-state index in [-0.39, 0.29) is 24.8 Å². The van der Waals surface area contributed by atoms with Crippen LogP contribution in [-0.2, 0) is 20.7 Å². The number of esters is 1. The van der Waals surface area contributed by atoms with Crippen LogP contribution >= 0.6 is 0 Å². The van der Waals surface area contributed by atoms with Crippen molar-refractivity contribution in [1.29, 1.82) is 5.26 Å². The van der Waals surface area contributed by atoms with E-state index >= 15 is 0 Å². The van der Waals surface area contributed by atoms with Gasteiger partial charge in [-0.25, -0.2) is 0 Å². The highest BCUT2D eigenvalue weighted by molar-refractivity contribution is 5.81. The van der Waals surface area contributed by atoms with E-state index in [4.69, 9.17) is 4.74 Å². The van der Waals surface area contributed by atoms with E-state index in [0.717, 1.165) is 5.56 Å². The van der Waals surface area contributed by atoms with Crippen molar-refractivity contribution in [1.82, 2.24) is 4.90 Å². The van der Waals surface area contributed by atoms with Gasteiger partial charge < -0.3 is 9.64 Å². The van der Waals surface area contributed by atoms with Crippen LogP contribution < -0.4 is 0 Å². The fourth-order valence-electron chi connectivity index (χ4n) is 1.91. The van der Waals surface area contributed by atoms with Crippen LogP contribution in [0.3, 0.4) is 0 Å². The average Bonchev–Trinajstić information content (AvgIpc) is 2.51. The van der Waals surface area contributed by atoms with Crippen LogP contribution in [0.1, 0.15) is 18.9 Å². The van der Waals surface area contributed by atoms with Gasteiger partial charge in [0, 0.05) is 13.6 Å². The molecule has 0 aromatic heterocycles. The molecular formula is C16H20N2O3. The molecule has 0 saturated carbocycles. The van der Waals surface area contributed by atoms with Crippen molar-refractivity contribution in [3.8, 4) is 6.07 Å². The first-order valence-electron chi connectivity index (χ1n) is 6.92. The highest BCUT2D eigenvalue weighted by Crippen LogP contribution is 2.11. The molecule has 1 unspecified atom stereocenters. The number of carbonyl (C=O) groups excluding carboxylic acids is 2. The number of carbonyl (C=O) groups is 2. The topological polar surface area (TPSA) is 70.4 Å². The maximum atomic E-state index is 12.2. The minimum Gasteiger partial charge on any atom is -0.466 e. The van der Waals surface area contributed by atoms with E-state index in [1.807, 2.05) is 36.4 Å². The normalized spacial score (nSPS) is 11.3. The summed E-state index contributed by atoms with van der Waals surface area (Å²) < 4.78 is 4.81. The van der Waals surface area contributed by atoms with Crippen molar-refractivity contribution in [3.05, 3.63) is 35.9 Å². The van der Waals surface area contributed by atoms with Crippen molar-refractivity contribution < 1.29 is 14.3 Å². The highest BCUT2D eigenvalue weighted by Gasteiger charge is 2.22. The standard InChI is InChI=1S/C16H20N2O3/c1-3-21-15(19)9-10-18(2)16(20)14(12-17)11-13-7-5-4-6-8-13/h4-8,14H,3,9-11H2,1-2H3. The molecule has 0 fully saturated rings. The summed E-state index contributed by atoms with van der Waals surface area (Å²) in [6.07, 6.45) is 0.513. The smallest absolute Gasteiger partial charge is 0.307 e. The molecule has 112 valence electrons. The minimum atomic E-state index is -0.736. The SMILES string of the molecule is CCOC(=O)CCN(C)C(=O)C(C#N)Cc1ccccc1. The monoisotopic (exact) mass is 288 g/mol. The molecule has 0 saturated heterocycles. The molecule has 1 aromatic carbocycles. The summed E-state index contributed by atoms with van der Waals surface area (Å²) in [5.41, 5.74) is 0.941. The van der Waals surface area contributed by atoms with Crippen LogP contribution in [0.5, 0.6) is 0 Å². The summed E-state index contributed by atoms with van der Waals surface area (Å²) in [4.78, 5) is 24.9. The third-order valence-corrected chi connectivity index (χ3v) is 3.07. The Morgan fingerprint density at radius 3 is 2.57 bits per heavy atom. The Kier molecular flexibility index (Phi) is 6.96. The molecule has 0 aliphatic carbocycles. The molecule has 0 spiro atoms. The van der Waals surface area contributed by atoms with Crippen molar-refractivity contribution in [2.75, 3.05) is 20.2 Å². The van der Waals surface area contributed by atoms with E-state index in [2.05, 4.69) is 0 Å². The van der Waals surface area contributed by atoms with E-state index < -0.39 is 5.92 Å². The lowest BCUT2D eigenvalue weighted by Crippen LogP contribution is -2.35. The van der Waals surface area contributed by atoms with Gasteiger partial charge in [-0.15, -0.1) is 0 Å². The first-order valence-corrected chi connectivity index (χ1v) is 6.92. The lowest BCUT2D eigenvalue weighted by atomic mass is 9.99.